The molecule has 0 aliphatic heterocycles. The summed E-state index contributed by atoms with van der Waals surface area (Å²) in [7, 11) is 0. The van der Waals surface area contributed by atoms with Crippen LogP contribution in [0.25, 0.3) is 4.85 Å². The van der Waals surface area contributed by atoms with Crippen LogP contribution in [0.15, 0.2) is 12.3 Å². The fourth-order valence-corrected chi connectivity index (χ4v) is 1.43. The Balaban J connectivity index is 2.36. The topological polar surface area (TPSA) is 50.4 Å². The molecule has 0 unspecified atom stereocenters. The van der Waals surface area contributed by atoms with E-state index >= 15 is 0 Å². The smallest absolute Gasteiger partial charge is 0.371 e. The van der Waals surface area contributed by atoms with Crippen LogP contribution in [0, 0.1) is 6.57 Å². The standard InChI is InChI=1S/C9H9N3O/c1-10-8-11-6-3-7(12-8)9(13)4-2-5-9/h3,6,13H,2,4-5H2. The highest BCUT2D eigenvalue weighted by atomic mass is 16.3. The van der Waals surface area contributed by atoms with E-state index in [9.17, 15) is 5.11 Å². The van der Waals surface area contributed by atoms with Gasteiger partial charge in [-0.1, -0.05) is 0 Å². The fraction of sp³-hybridized carbons (Fsp3) is 0.444. The van der Waals surface area contributed by atoms with Gasteiger partial charge in [0.1, 0.15) is 11.3 Å². The quantitative estimate of drug-likeness (QED) is 0.656. The summed E-state index contributed by atoms with van der Waals surface area (Å²) >= 11 is 0. The lowest BCUT2D eigenvalue weighted by atomic mass is 9.78. The molecule has 1 fully saturated rings. The van der Waals surface area contributed by atoms with Gasteiger partial charge in [-0.25, -0.2) is 0 Å². The van der Waals surface area contributed by atoms with Gasteiger partial charge in [-0.05, 0) is 19.3 Å². The molecule has 2 rings (SSSR count). The molecule has 1 aliphatic rings. The normalized spacial score (nSPS) is 18.8. The van der Waals surface area contributed by atoms with Crippen LogP contribution in [0.4, 0.5) is 5.95 Å². The molecule has 1 aromatic rings. The van der Waals surface area contributed by atoms with Gasteiger partial charge in [0.15, 0.2) is 0 Å². The summed E-state index contributed by atoms with van der Waals surface area (Å²) in [5, 5.41) is 9.91. The summed E-state index contributed by atoms with van der Waals surface area (Å²) in [6.45, 7) is 6.74. The summed E-state index contributed by atoms with van der Waals surface area (Å²) in [4.78, 5) is 10.8. The van der Waals surface area contributed by atoms with Crippen LogP contribution in [0.1, 0.15) is 25.0 Å². The molecule has 0 spiro atoms. The van der Waals surface area contributed by atoms with Gasteiger partial charge in [0.05, 0.1) is 6.20 Å². The van der Waals surface area contributed by atoms with E-state index in [4.69, 9.17) is 6.57 Å². The van der Waals surface area contributed by atoms with Crippen molar-refractivity contribution in [1.82, 2.24) is 9.97 Å². The Morgan fingerprint density at radius 1 is 1.54 bits per heavy atom. The van der Waals surface area contributed by atoms with Gasteiger partial charge >= 0.3 is 5.95 Å². The lowest BCUT2D eigenvalue weighted by Gasteiger charge is -2.34. The Kier molecular flexibility index (Phi) is 1.74. The highest BCUT2D eigenvalue weighted by Gasteiger charge is 2.39. The second kappa shape index (κ2) is 2.79. The average Bonchev–Trinajstić information content (AvgIpc) is 2.14. The predicted octanol–water partition coefficient (Wildman–Crippen LogP) is 1.40. The lowest BCUT2D eigenvalue weighted by molar-refractivity contribution is -0.0425. The van der Waals surface area contributed by atoms with Crippen LogP contribution in [0.5, 0.6) is 0 Å². The second-order valence-electron chi connectivity index (χ2n) is 3.24. The molecular weight excluding hydrogens is 166 g/mol. The van der Waals surface area contributed by atoms with Gasteiger partial charge in [0, 0.05) is 6.07 Å². The van der Waals surface area contributed by atoms with Crippen LogP contribution < -0.4 is 0 Å². The zero-order valence-electron chi connectivity index (χ0n) is 7.06. The molecule has 0 amide bonds. The largest absolute Gasteiger partial charge is 0.394 e. The van der Waals surface area contributed by atoms with E-state index in [1.165, 1.54) is 6.20 Å². The highest BCUT2D eigenvalue weighted by Crippen LogP contribution is 2.40. The van der Waals surface area contributed by atoms with Gasteiger partial charge in [-0.15, -0.1) is 6.57 Å². The van der Waals surface area contributed by atoms with Crippen molar-refractivity contribution in [2.24, 2.45) is 0 Å². The number of aliphatic hydroxyl groups is 1. The second-order valence-corrected chi connectivity index (χ2v) is 3.24. The van der Waals surface area contributed by atoms with E-state index < -0.39 is 5.60 Å². The summed E-state index contributed by atoms with van der Waals surface area (Å²) in [5.41, 5.74) is -0.206. The Morgan fingerprint density at radius 2 is 2.31 bits per heavy atom. The molecule has 1 saturated carbocycles. The Bertz CT molecular complexity index is 365. The highest BCUT2D eigenvalue weighted by molar-refractivity contribution is 5.28. The molecule has 4 nitrogen and oxygen atoms in total. The van der Waals surface area contributed by atoms with Crippen molar-refractivity contribution in [1.29, 1.82) is 0 Å². The SMILES string of the molecule is [C-]#[N+]c1nccc(C2(O)CCC2)n1. The van der Waals surface area contributed by atoms with Crippen LogP contribution in [-0.4, -0.2) is 15.1 Å². The molecular formula is C9H9N3O. The number of rotatable bonds is 1. The summed E-state index contributed by atoms with van der Waals surface area (Å²) in [5.74, 6) is 0.109. The maximum atomic E-state index is 9.91. The van der Waals surface area contributed by atoms with Crippen LogP contribution in [0.3, 0.4) is 0 Å². The molecule has 1 aromatic heterocycles. The zero-order chi connectivity index (χ0) is 9.31. The van der Waals surface area contributed by atoms with Crippen molar-refractivity contribution in [2.45, 2.75) is 24.9 Å². The lowest BCUT2D eigenvalue weighted by Crippen LogP contribution is -2.34. The molecule has 0 radical (unpaired) electrons. The summed E-state index contributed by atoms with van der Waals surface area (Å²) in [6.07, 6.45) is 4.02. The molecule has 1 aliphatic carbocycles. The third kappa shape index (κ3) is 1.27. The van der Waals surface area contributed by atoms with E-state index in [-0.39, 0.29) is 5.95 Å². The first kappa shape index (κ1) is 8.14. The molecule has 4 heteroatoms. The average molecular weight is 175 g/mol. The van der Waals surface area contributed by atoms with Crippen molar-refractivity contribution in [3.63, 3.8) is 0 Å². The third-order valence-electron chi connectivity index (χ3n) is 2.40. The van der Waals surface area contributed by atoms with Crippen LogP contribution in [-0.2, 0) is 5.60 Å². The van der Waals surface area contributed by atoms with Gasteiger partial charge in [0.2, 0.25) is 0 Å². The molecule has 66 valence electrons. The number of hydrogen-bond donors (Lipinski definition) is 1. The van der Waals surface area contributed by atoms with Crippen LogP contribution in [0.2, 0.25) is 0 Å². The first-order valence-electron chi connectivity index (χ1n) is 4.18. The predicted molar refractivity (Wildman–Crippen MR) is 46.0 cm³/mol. The monoisotopic (exact) mass is 175 g/mol. The van der Waals surface area contributed by atoms with Gasteiger partial charge in [0.25, 0.3) is 0 Å². The molecule has 0 aromatic carbocycles. The maximum Gasteiger partial charge on any atom is 0.371 e. The molecule has 0 saturated heterocycles. The minimum Gasteiger partial charge on any atom is -0.394 e. The van der Waals surface area contributed by atoms with Gasteiger partial charge in [-0.3, -0.25) is 0 Å². The third-order valence-corrected chi connectivity index (χ3v) is 2.40. The minimum absolute atomic E-state index is 0.109. The van der Waals surface area contributed by atoms with E-state index in [0.29, 0.717) is 5.69 Å². The molecule has 0 atom stereocenters. The van der Waals surface area contributed by atoms with Crippen molar-refractivity contribution in [2.75, 3.05) is 0 Å². The van der Waals surface area contributed by atoms with E-state index in [1.54, 1.807) is 6.07 Å². The van der Waals surface area contributed by atoms with E-state index in [0.717, 1.165) is 19.3 Å². The summed E-state index contributed by atoms with van der Waals surface area (Å²) in [6, 6.07) is 1.67. The minimum atomic E-state index is -0.789. The van der Waals surface area contributed by atoms with Crippen molar-refractivity contribution >= 4 is 5.95 Å². The Morgan fingerprint density at radius 3 is 2.85 bits per heavy atom. The maximum absolute atomic E-state index is 9.91. The number of nitrogens with zero attached hydrogens (tertiary/aromatic N) is 3. The first-order chi connectivity index (χ1) is 6.24. The first-order valence-corrected chi connectivity index (χ1v) is 4.18. The number of aromatic nitrogens is 2. The number of hydrogen-bond acceptors (Lipinski definition) is 3. The molecule has 0 bridgehead atoms. The summed E-state index contributed by atoms with van der Waals surface area (Å²) < 4.78 is 0. The molecule has 13 heavy (non-hydrogen) atoms. The van der Waals surface area contributed by atoms with Gasteiger partial charge in [-0.2, -0.15) is 9.97 Å². The Hall–Kier alpha value is -1.47. The Labute approximate surface area is 76.1 Å². The van der Waals surface area contributed by atoms with E-state index in [2.05, 4.69) is 14.8 Å². The fourth-order valence-electron chi connectivity index (χ4n) is 1.43. The zero-order valence-corrected chi connectivity index (χ0v) is 7.06. The van der Waals surface area contributed by atoms with Gasteiger partial charge < -0.3 is 9.95 Å². The molecule has 1 heterocycles. The van der Waals surface area contributed by atoms with E-state index in [1.807, 2.05) is 0 Å². The van der Waals surface area contributed by atoms with Crippen LogP contribution >= 0.6 is 0 Å². The molecule has 1 N–H and O–H groups in total. The van der Waals surface area contributed by atoms with Crippen molar-refractivity contribution < 1.29 is 5.11 Å². The van der Waals surface area contributed by atoms with Crippen molar-refractivity contribution in [3.8, 4) is 0 Å². The van der Waals surface area contributed by atoms with Crippen molar-refractivity contribution in [3.05, 3.63) is 29.4 Å².